The van der Waals surface area contributed by atoms with Gasteiger partial charge in [0.25, 0.3) is 11.8 Å². The Balaban J connectivity index is 1.70. The number of carbonyl (C=O) groups is 4. The minimum absolute atomic E-state index is 0.100. The fourth-order valence-electron chi connectivity index (χ4n) is 3.18. The third-order valence-corrected chi connectivity index (χ3v) is 6.66. The molecule has 1 N–H and O–H groups in total. The number of nitrogens with zero attached hydrogens (tertiary/aromatic N) is 1. The third-order valence-electron chi connectivity index (χ3n) is 4.52. The van der Waals surface area contributed by atoms with Crippen molar-refractivity contribution in [3.8, 4) is 5.75 Å². The summed E-state index contributed by atoms with van der Waals surface area (Å²) >= 11 is 1.38. The number of benzene rings is 1. The molecule has 1 aromatic carbocycles. The molecule has 3 rings (SSSR count). The van der Waals surface area contributed by atoms with E-state index in [4.69, 9.17) is 13.9 Å². The number of ether oxygens (including phenoxy) is 2. The number of hydrogen-bond donors (Lipinski definition) is 1. The summed E-state index contributed by atoms with van der Waals surface area (Å²) in [4.78, 5) is 50.7. The molecule has 1 fully saturated rings. The third kappa shape index (κ3) is 5.71. The summed E-state index contributed by atoms with van der Waals surface area (Å²) in [5.41, 5.74) is 0.615. The first-order valence-electron chi connectivity index (χ1n) is 10.1. The van der Waals surface area contributed by atoms with Gasteiger partial charge in [0.15, 0.2) is 6.61 Å². The number of carbonyl (C=O) groups excluding carboxylic acids is 4. The maximum atomic E-state index is 12.9. The maximum absolute atomic E-state index is 12.9. The van der Waals surface area contributed by atoms with Gasteiger partial charge < -0.3 is 19.2 Å². The van der Waals surface area contributed by atoms with Crippen LogP contribution in [0.5, 0.6) is 5.75 Å². The number of hydrogen-bond acceptors (Lipinski definition) is 8. The van der Waals surface area contributed by atoms with Crippen LogP contribution in [0, 0.1) is 0 Å². The average Bonchev–Trinajstić information content (AvgIpc) is 2.73. The highest BCUT2D eigenvalue weighted by Gasteiger charge is 2.54. The highest BCUT2D eigenvalue weighted by Crippen LogP contribution is 2.41. The number of esters is 1. The molecule has 2 atom stereocenters. The van der Waals surface area contributed by atoms with Gasteiger partial charge in [-0.05, 0) is 31.8 Å². The molecule has 172 valence electrons. The van der Waals surface area contributed by atoms with E-state index in [2.05, 4.69) is 5.32 Å². The molecule has 9 nitrogen and oxygen atoms in total. The van der Waals surface area contributed by atoms with Crippen LogP contribution in [0.2, 0.25) is 19.6 Å². The van der Waals surface area contributed by atoms with E-state index in [0.29, 0.717) is 17.1 Å². The summed E-state index contributed by atoms with van der Waals surface area (Å²) in [6, 6.07) is 8.10. The van der Waals surface area contributed by atoms with Crippen LogP contribution >= 0.6 is 11.8 Å². The van der Waals surface area contributed by atoms with E-state index < -0.39 is 43.5 Å². The molecular weight excluding hydrogens is 452 g/mol. The number of rotatable bonds is 8. The van der Waals surface area contributed by atoms with Gasteiger partial charge in [0.1, 0.15) is 29.5 Å². The molecule has 1 aromatic rings. The molecule has 0 aromatic heterocycles. The van der Waals surface area contributed by atoms with Crippen LogP contribution in [0.3, 0.4) is 0 Å². The van der Waals surface area contributed by atoms with Crippen LogP contribution in [0.25, 0.3) is 0 Å². The Labute approximate surface area is 191 Å². The lowest BCUT2D eigenvalue weighted by atomic mass is 10.0. The summed E-state index contributed by atoms with van der Waals surface area (Å²) < 4.78 is 16.1. The minimum atomic E-state index is -2.24. The molecule has 11 heteroatoms. The zero-order valence-electron chi connectivity index (χ0n) is 18.4. The van der Waals surface area contributed by atoms with Crippen molar-refractivity contribution in [3.63, 3.8) is 0 Å². The van der Waals surface area contributed by atoms with Crippen molar-refractivity contribution in [2.45, 2.75) is 38.0 Å². The molecule has 1 unspecified atom stereocenters. The lowest BCUT2D eigenvalue weighted by Gasteiger charge is -2.49. The molecule has 2 aliphatic rings. The van der Waals surface area contributed by atoms with Crippen LogP contribution in [0.4, 0.5) is 0 Å². The van der Waals surface area contributed by atoms with Gasteiger partial charge in [0.05, 0.1) is 0 Å². The molecule has 0 aliphatic carbocycles. The van der Waals surface area contributed by atoms with E-state index in [0.717, 1.165) is 0 Å². The minimum Gasteiger partial charge on any atom is -0.515 e. The van der Waals surface area contributed by atoms with Crippen LogP contribution < -0.4 is 10.1 Å². The largest absolute Gasteiger partial charge is 0.515 e. The number of nitrogens with one attached hydrogen (secondary N) is 1. The Bertz CT molecular complexity index is 945. The maximum Gasteiger partial charge on any atom is 0.341 e. The van der Waals surface area contributed by atoms with E-state index in [-0.39, 0.29) is 18.9 Å². The van der Waals surface area contributed by atoms with Crippen LogP contribution in [-0.2, 0) is 28.3 Å². The number of thioether (sulfide) groups is 1. The summed E-state index contributed by atoms with van der Waals surface area (Å²) in [7, 11) is -2.24. The average molecular weight is 479 g/mol. The van der Waals surface area contributed by atoms with Crippen LogP contribution in [-0.4, -0.2) is 67.4 Å². The van der Waals surface area contributed by atoms with Crippen molar-refractivity contribution in [2.75, 3.05) is 19.0 Å². The molecular formula is C21H26N2O7SSi. The molecule has 2 aliphatic heterocycles. The van der Waals surface area contributed by atoms with Gasteiger partial charge in [-0.2, -0.15) is 0 Å². The Morgan fingerprint density at radius 2 is 1.88 bits per heavy atom. The predicted molar refractivity (Wildman–Crippen MR) is 120 cm³/mol. The first kappa shape index (κ1) is 23.9. The molecule has 2 amide bonds. The molecule has 32 heavy (non-hydrogen) atoms. The zero-order chi connectivity index (χ0) is 23.5. The lowest BCUT2D eigenvalue weighted by molar-refractivity contribution is -0.150. The summed E-state index contributed by atoms with van der Waals surface area (Å²) in [5, 5.41) is 2.23. The van der Waals surface area contributed by atoms with Gasteiger partial charge >= 0.3 is 11.9 Å². The van der Waals surface area contributed by atoms with Crippen molar-refractivity contribution < 1.29 is 33.1 Å². The molecule has 1 saturated heterocycles. The number of para-hydroxylation sites is 1. The smallest absolute Gasteiger partial charge is 0.341 e. The summed E-state index contributed by atoms with van der Waals surface area (Å²) in [5.74, 6) is -1.04. The van der Waals surface area contributed by atoms with Gasteiger partial charge in [0.2, 0.25) is 8.32 Å². The number of fused-ring (bicyclic) bond motifs is 1. The van der Waals surface area contributed by atoms with E-state index in [1.54, 1.807) is 24.3 Å². The van der Waals surface area contributed by atoms with Crippen molar-refractivity contribution in [3.05, 3.63) is 41.6 Å². The molecule has 0 saturated carbocycles. The zero-order valence-corrected chi connectivity index (χ0v) is 20.2. The van der Waals surface area contributed by atoms with Crippen molar-refractivity contribution in [1.82, 2.24) is 10.2 Å². The first-order valence-corrected chi connectivity index (χ1v) is 14.5. The summed E-state index contributed by atoms with van der Waals surface area (Å²) in [6.07, 6.45) is 0. The Hall–Kier alpha value is -2.79. The quantitative estimate of drug-likeness (QED) is 0.341. The Kier molecular flexibility index (Phi) is 7.29. The van der Waals surface area contributed by atoms with Crippen molar-refractivity contribution >= 4 is 43.8 Å². The highest BCUT2D eigenvalue weighted by atomic mass is 32.2. The van der Waals surface area contributed by atoms with Crippen molar-refractivity contribution in [1.29, 1.82) is 0 Å². The topological polar surface area (TPSA) is 111 Å². The Morgan fingerprint density at radius 3 is 2.50 bits per heavy atom. The first-order chi connectivity index (χ1) is 15.1. The van der Waals surface area contributed by atoms with E-state index >= 15 is 0 Å². The SMILES string of the molecule is CC(=O)OCC1=C(C(=O)O[Si](C)(C)C)N2C(=O)C(NC(=O)COc3ccccc3)[C@H]2SC1. The normalized spacial score (nSPS) is 20.1. The molecule has 2 heterocycles. The van der Waals surface area contributed by atoms with Gasteiger partial charge in [-0.3, -0.25) is 19.3 Å². The number of amides is 2. The van der Waals surface area contributed by atoms with Gasteiger partial charge in [-0.1, -0.05) is 18.2 Å². The van der Waals surface area contributed by atoms with E-state index in [1.807, 2.05) is 25.7 Å². The van der Waals surface area contributed by atoms with Gasteiger partial charge in [-0.25, -0.2) is 4.79 Å². The second kappa shape index (κ2) is 9.78. The summed E-state index contributed by atoms with van der Waals surface area (Å²) in [6.45, 7) is 6.53. The van der Waals surface area contributed by atoms with Crippen molar-refractivity contribution in [2.24, 2.45) is 0 Å². The predicted octanol–water partition coefficient (Wildman–Crippen LogP) is 1.66. The standard InChI is InChI=1S/C21H26N2O7SSi/c1-13(24)28-10-14-12-31-20-17(22-16(25)11-29-15-8-6-5-7-9-15)19(26)23(20)18(14)21(27)30-32(2,3)4/h5-9,17,20H,10-12H2,1-4H3,(H,22,25)/t17?,20-/m1/s1. The van der Waals surface area contributed by atoms with Gasteiger partial charge in [0, 0.05) is 18.2 Å². The lowest BCUT2D eigenvalue weighted by Crippen LogP contribution is -2.71. The van der Waals surface area contributed by atoms with E-state index in [9.17, 15) is 19.2 Å². The number of β-lactam (4-membered cyclic amide) rings is 1. The van der Waals surface area contributed by atoms with E-state index in [1.165, 1.54) is 23.6 Å². The van der Waals surface area contributed by atoms with Crippen LogP contribution in [0.1, 0.15) is 6.92 Å². The Morgan fingerprint density at radius 1 is 1.19 bits per heavy atom. The molecule has 0 spiro atoms. The fourth-order valence-corrected chi connectivity index (χ4v) is 5.16. The monoisotopic (exact) mass is 478 g/mol. The highest BCUT2D eigenvalue weighted by molar-refractivity contribution is 8.00. The molecule has 0 bridgehead atoms. The molecule has 0 radical (unpaired) electrons. The van der Waals surface area contributed by atoms with Gasteiger partial charge in [-0.15, -0.1) is 11.8 Å². The van der Waals surface area contributed by atoms with Crippen LogP contribution in [0.15, 0.2) is 41.6 Å². The second-order valence-corrected chi connectivity index (χ2v) is 13.8. The fraction of sp³-hybridized carbons (Fsp3) is 0.429. The second-order valence-electron chi connectivity index (χ2n) is 8.29.